The zero-order valence-electron chi connectivity index (χ0n) is 12.8. The molecule has 0 spiro atoms. The van der Waals surface area contributed by atoms with Gasteiger partial charge in [-0.25, -0.2) is 14.8 Å². The van der Waals surface area contributed by atoms with Gasteiger partial charge in [-0.15, -0.1) is 0 Å². The standard InChI is InChI=1S/C16H9BrF3N3O3/c17-12-3-1-2-8(21-12)6-23-7-10(15(25)26)13(24)9-4-5-11(16(18,19)20)22-14(9)23/h1-5,7H,6H2,(H,25,26). The Morgan fingerprint density at radius 1 is 1.19 bits per heavy atom. The molecule has 134 valence electrons. The van der Waals surface area contributed by atoms with E-state index in [1.54, 1.807) is 18.2 Å². The van der Waals surface area contributed by atoms with Crippen LogP contribution in [-0.2, 0) is 12.7 Å². The van der Waals surface area contributed by atoms with Gasteiger partial charge in [0, 0.05) is 6.20 Å². The van der Waals surface area contributed by atoms with Gasteiger partial charge in [0.2, 0.25) is 5.43 Å². The van der Waals surface area contributed by atoms with Gasteiger partial charge in [-0.05, 0) is 40.2 Å². The number of nitrogens with zero attached hydrogens (tertiary/aromatic N) is 3. The Morgan fingerprint density at radius 2 is 1.92 bits per heavy atom. The summed E-state index contributed by atoms with van der Waals surface area (Å²) in [5, 5.41) is 8.99. The largest absolute Gasteiger partial charge is 0.477 e. The minimum atomic E-state index is -4.70. The Labute approximate surface area is 152 Å². The predicted molar refractivity (Wildman–Crippen MR) is 89.0 cm³/mol. The molecule has 6 nitrogen and oxygen atoms in total. The third-order valence-electron chi connectivity index (χ3n) is 3.55. The lowest BCUT2D eigenvalue weighted by Gasteiger charge is -2.13. The molecule has 26 heavy (non-hydrogen) atoms. The normalized spacial score (nSPS) is 11.7. The molecule has 0 saturated carbocycles. The topological polar surface area (TPSA) is 85.1 Å². The molecular formula is C16H9BrF3N3O3. The highest BCUT2D eigenvalue weighted by Crippen LogP contribution is 2.28. The van der Waals surface area contributed by atoms with Crippen molar-refractivity contribution < 1.29 is 23.1 Å². The quantitative estimate of drug-likeness (QED) is 0.648. The van der Waals surface area contributed by atoms with E-state index >= 15 is 0 Å². The van der Waals surface area contributed by atoms with Gasteiger partial charge in [-0.3, -0.25) is 4.79 Å². The zero-order valence-corrected chi connectivity index (χ0v) is 14.4. The molecule has 0 atom stereocenters. The number of alkyl halides is 3. The van der Waals surface area contributed by atoms with Gasteiger partial charge >= 0.3 is 12.1 Å². The average Bonchev–Trinajstić information content (AvgIpc) is 2.56. The molecule has 0 aromatic carbocycles. The van der Waals surface area contributed by atoms with Gasteiger partial charge in [-0.1, -0.05) is 6.07 Å². The number of halogens is 4. The van der Waals surface area contributed by atoms with Gasteiger partial charge in [-0.2, -0.15) is 13.2 Å². The number of rotatable bonds is 3. The molecule has 10 heteroatoms. The van der Waals surface area contributed by atoms with E-state index in [1.165, 1.54) is 4.57 Å². The number of carboxylic acids is 1. The molecule has 3 aromatic rings. The number of hydrogen-bond acceptors (Lipinski definition) is 4. The molecular weight excluding hydrogens is 419 g/mol. The number of hydrogen-bond donors (Lipinski definition) is 1. The molecule has 0 saturated heterocycles. The van der Waals surface area contributed by atoms with Gasteiger partial charge < -0.3 is 9.67 Å². The molecule has 0 fully saturated rings. The highest BCUT2D eigenvalue weighted by molar-refractivity contribution is 9.10. The van der Waals surface area contributed by atoms with Crippen molar-refractivity contribution in [2.24, 2.45) is 0 Å². The van der Waals surface area contributed by atoms with Crippen LogP contribution in [0.5, 0.6) is 0 Å². The first-order valence-corrected chi connectivity index (χ1v) is 7.92. The number of carbonyl (C=O) groups is 1. The van der Waals surface area contributed by atoms with Crippen LogP contribution >= 0.6 is 15.9 Å². The van der Waals surface area contributed by atoms with E-state index in [0.717, 1.165) is 12.3 Å². The summed E-state index contributed by atoms with van der Waals surface area (Å²) in [6, 6.07) is 6.53. The van der Waals surface area contributed by atoms with Gasteiger partial charge in [0.25, 0.3) is 0 Å². The second-order valence-corrected chi connectivity index (χ2v) is 6.13. The van der Waals surface area contributed by atoms with Gasteiger partial charge in [0.15, 0.2) is 0 Å². The first kappa shape index (κ1) is 18.1. The second-order valence-electron chi connectivity index (χ2n) is 5.32. The van der Waals surface area contributed by atoms with Crippen LogP contribution in [0.2, 0.25) is 0 Å². The van der Waals surface area contributed by atoms with Crippen LogP contribution in [0.1, 0.15) is 21.7 Å². The highest BCUT2D eigenvalue weighted by Gasteiger charge is 2.33. The summed E-state index contributed by atoms with van der Waals surface area (Å²) in [6.45, 7) is -0.0647. The first-order chi connectivity index (χ1) is 12.2. The van der Waals surface area contributed by atoms with Crippen molar-refractivity contribution in [1.82, 2.24) is 14.5 Å². The maximum Gasteiger partial charge on any atom is 0.433 e. The molecule has 0 amide bonds. The molecule has 0 aliphatic heterocycles. The Kier molecular flexibility index (Phi) is 4.53. The molecule has 0 aliphatic rings. The minimum Gasteiger partial charge on any atom is -0.477 e. The summed E-state index contributed by atoms with van der Waals surface area (Å²) < 4.78 is 40.6. The third-order valence-corrected chi connectivity index (χ3v) is 3.99. The lowest BCUT2D eigenvalue weighted by molar-refractivity contribution is -0.141. The maximum absolute atomic E-state index is 13.0. The van der Waals surface area contributed by atoms with Crippen molar-refractivity contribution in [2.45, 2.75) is 12.7 Å². The number of pyridine rings is 3. The molecule has 0 radical (unpaired) electrons. The number of carboxylic acid groups (broad SMARTS) is 1. The van der Waals surface area contributed by atoms with E-state index in [9.17, 15) is 27.9 Å². The Morgan fingerprint density at radius 3 is 2.54 bits per heavy atom. The summed E-state index contributed by atoms with van der Waals surface area (Å²) >= 11 is 3.18. The fourth-order valence-electron chi connectivity index (χ4n) is 2.41. The Balaban J connectivity index is 2.28. The van der Waals surface area contributed by atoms with Crippen LogP contribution in [0.4, 0.5) is 13.2 Å². The van der Waals surface area contributed by atoms with Crippen molar-refractivity contribution in [2.75, 3.05) is 0 Å². The summed E-state index contributed by atoms with van der Waals surface area (Å²) in [6.07, 6.45) is -3.72. The predicted octanol–water partition coefficient (Wildman–Crippen LogP) is 3.32. The summed E-state index contributed by atoms with van der Waals surface area (Å²) in [5.74, 6) is -1.48. The SMILES string of the molecule is O=C(O)c1cn(Cc2cccc(Br)n2)c2nc(C(F)(F)F)ccc2c1=O. The Hall–Kier alpha value is -2.75. The van der Waals surface area contributed by atoms with Crippen molar-refractivity contribution in [3.8, 4) is 0 Å². The summed E-state index contributed by atoms with van der Waals surface area (Å²) in [7, 11) is 0. The van der Waals surface area contributed by atoms with Gasteiger partial charge in [0.1, 0.15) is 21.5 Å². The lowest BCUT2D eigenvalue weighted by atomic mass is 10.1. The fraction of sp³-hybridized carbons (Fsp3) is 0.125. The summed E-state index contributed by atoms with van der Waals surface area (Å²) in [4.78, 5) is 31.3. The van der Waals surface area contributed by atoms with Crippen LogP contribution < -0.4 is 5.43 Å². The maximum atomic E-state index is 13.0. The molecule has 0 bridgehead atoms. The zero-order chi connectivity index (χ0) is 19.1. The molecule has 3 rings (SSSR count). The first-order valence-electron chi connectivity index (χ1n) is 7.13. The van der Waals surface area contributed by atoms with Crippen LogP contribution in [0, 0.1) is 0 Å². The van der Waals surface area contributed by atoms with Crippen molar-refractivity contribution >= 4 is 32.9 Å². The van der Waals surface area contributed by atoms with Crippen molar-refractivity contribution in [1.29, 1.82) is 0 Å². The fourth-order valence-corrected chi connectivity index (χ4v) is 2.79. The van der Waals surface area contributed by atoms with E-state index in [2.05, 4.69) is 25.9 Å². The molecule has 0 unspecified atom stereocenters. The number of aromatic carboxylic acids is 1. The van der Waals surface area contributed by atoms with Crippen LogP contribution in [-0.4, -0.2) is 25.6 Å². The van der Waals surface area contributed by atoms with E-state index in [1.807, 2.05) is 0 Å². The monoisotopic (exact) mass is 427 g/mol. The van der Waals surface area contributed by atoms with E-state index in [-0.39, 0.29) is 17.6 Å². The summed E-state index contributed by atoms with van der Waals surface area (Å²) in [5.41, 5.74) is -2.46. The smallest absolute Gasteiger partial charge is 0.433 e. The molecule has 0 aliphatic carbocycles. The van der Waals surface area contributed by atoms with E-state index < -0.39 is 28.8 Å². The molecule has 1 N–H and O–H groups in total. The average molecular weight is 428 g/mol. The third kappa shape index (κ3) is 3.45. The van der Waals surface area contributed by atoms with E-state index in [4.69, 9.17) is 0 Å². The molecule has 3 aromatic heterocycles. The highest BCUT2D eigenvalue weighted by atomic mass is 79.9. The van der Waals surface area contributed by atoms with Crippen LogP contribution in [0.15, 0.2) is 45.9 Å². The number of aromatic nitrogens is 3. The second kappa shape index (κ2) is 6.52. The van der Waals surface area contributed by atoms with E-state index in [0.29, 0.717) is 16.4 Å². The van der Waals surface area contributed by atoms with Gasteiger partial charge in [0.05, 0.1) is 17.6 Å². The minimum absolute atomic E-state index is 0.0647. The number of fused-ring (bicyclic) bond motifs is 1. The van der Waals surface area contributed by atoms with Crippen LogP contribution in [0.25, 0.3) is 11.0 Å². The van der Waals surface area contributed by atoms with Crippen LogP contribution in [0.3, 0.4) is 0 Å². The Bertz CT molecular complexity index is 1080. The van der Waals surface area contributed by atoms with Crippen molar-refractivity contribution in [3.63, 3.8) is 0 Å². The van der Waals surface area contributed by atoms with Crippen molar-refractivity contribution in [3.05, 3.63) is 68.3 Å². The molecule has 3 heterocycles. The lowest BCUT2D eigenvalue weighted by Crippen LogP contribution is -2.21.